The van der Waals surface area contributed by atoms with Crippen LogP contribution in [0.2, 0.25) is 0 Å². The highest BCUT2D eigenvalue weighted by Crippen LogP contribution is 2.25. The molecule has 0 aliphatic rings. The number of carbonyl (C=O) groups excluding carboxylic acids is 1. The highest BCUT2D eigenvalue weighted by molar-refractivity contribution is 5.94. The summed E-state index contributed by atoms with van der Waals surface area (Å²) >= 11 is 0. The molecule has 4 heteroatoms. The Morgan fingerprint density at radius 3 is 2.88 bits per heavy atom. The number of benzene rings is 1. The van der Waals surface area contributed by atoms with Crippen molar-refractivity contribution in [2.24, 2.45) is 0 Å². The van der Waals surface area contributed by atoms with E-state index in [-0.39, 0.29) is 11.6 Å². The largest absolute Gasteiger partial charge is 0.463 e. The molecule has 1 aromatic carbocycles. The molecular weight excluding hydrogens is 211 g/mol. The SMILES string of the molecule is COC(=O)c1occc1-c1cccc(F)c1. The van der Waals surface area contributed by atoms with Gasteiger partial charge in [-0.15, -0.1) is 0 Å². The molecule has 0 fully saturated rings. The molecule has 0 aliphatic carbocycles. The molecule has 2 rings (SSSR count). The third kappa shape index (κ3) is 1.82. The van der Waals surface area contributed by atoms with Crippen molar-refractivity contribution < 1.29 is 18.3 Å². The van der Waals surface area contributed by atoms with Gasteiger partial charge in [-0.1, -0.05) is 12.1 Å². The molecule has 2 aromatic rings. The Morgan fingerprint density at radius 2 is 2.19 bits per heavy atom. The molecule has 0 saturated heterocycles. The molecule has 1 aromatic heterocycles. The summed E-state index contributed by atoms with van der Waals surface area (Å²) < 4.78 is 22.6. The molecule has 0 aliphatic heterocycles. The fourth-order valence-electron chi connectivity index (χ4n) is 1.44. The Morgan fingerprint density at radius 1 is 1.38 bits per heavy atom. The standard InChI is InChI=1S/C12H9FO3/c1-15-12(14)11-10(5-6-16-11)8-3-2-4-9(13)7-8/h2-7H,1H3. The van der Waals surface area contributed by atoms with Crippen molar-refractivity contribution in [1.82, 2.24) is 0 Å². The smallest absolute Gasteiger partial charge is 0.374 e. The van der Waals surface area contributed by atoms with E-state index < -0.39 is 5.97 Å². The van der Waals surface area contributed by atoms with E-state index in [1.54, 1.807) is 18.2 Å². The second-order valence-corrected chi connectivity index (χ2v) is 3.17. The first-order valence-electron chi connectivity index (χ1n) is 4.64. The molecule has 0 bridgehead atoms. The summed E-state index contributed by atoms with van der Waals surface area (Å²) in [4.78, 5) is 11.3. The lowest BCUT2D eigenvalue weighted by Gasteiger charge is -2.01. The third-order valence-corrected chi connectivity index (χ3v) is 2.17. The van der Waals surface area contributed by atoms with Gasteiger partial charge in [-0.05, 0) is 23.8 Å². The van der Waals surface area contributed by atoms with Gasteiger partial charge in [0.1, 0.15) is 5.82 Å². The van der Waals surface area contributed by atoms with Crippen LogP contribution < -0.4 is 0 Å². The summed E-state index contributed by atoms with van der Waals surface area (Å²) in [6.45, 7) is 0. The zero-order chi connectivity index (χ0) is 11.5. The number of ether oxygens (including phenoxy) is 1. The summed E-state index contributed by atoms with van der Waals surface area (Å²) in [5.41, 5.74) is 1.10. The molecule has 0 saturated carbocycles. The normalized spacial score (nSPS) is 10.1. The number of hydrogen-bond acceptors (Lipinski definition) is 3. The van der Waals surface area contributed by atoms with E-state index in [1.165, 1.54) is 25.5 Å². The quantitative estimate of drug-likeness (QED) is 0.730. The van der Waals surface area contributed by atoms with Crippen LogP contribution >= 0.6 is 0 Å². The second kappa shape index (κ2) is 4.18. The molecule has 0 spiro atoms. The first-order chi connectivity index (χ1) is 7.72. The number of hydrogen-bond donors (Lipinski definition) is 0. The molecule has 0 radical (unpaired) electrons. The van der Waals surface area contributed by atoms with Gasteiger partial charge in [0.05, 0.1) is 13.4 Å². The topological polar surface area (TPSA) is 39.4 Å². The van der Waals surface area contributed by atoms with Crippen molar-refractivity contribution >= 4 is 5.97 Å². The zero-order valence-corrected chi connectivity index (χ0v) is 8.57. The average molecular weight is 220 g/mol. The van der Waals surface area contributed by atoms with Crippen molar-refractivity contribution in [3.05, 3.63) is 48.2 Å². The Kier molecular flexibility index (Phi) is 2.72. The number of esters is 1. The first kappa shape index (κ1) is 10.4. The van der Waals surface area contributed by atoms with Crippen molar-refractivity contribution in [2.45, 2.75) is 0 Å². The highest BCUT2D eigenvalue weighted by Gasteiger charge is 2.17. The van der Waals surface area contributed by atoms with Crippen molar-refractivity contribution in [1.29, 1.82) is 0 Å². The van der Waals surface area contributed by atoms with E-state index in [1.807, 2.05) is 0 Å². The number of methoxy groups -OCH3 is 1. The summed E-state index contributed by atoms with van der Waals surface area (Å²) in [6.07, 6.45) is 1.37. The number of halogens is 1. The maximum Gasteiger partial charge on any atom is 0.374 e. The average Bonchev–Trinajstić information content (AvgIpc) is 2.77. The van der Waals surface area contributed by atoms with Crippen LogP contribution in [0.3, 0.4) is 0 Å². The van der Waals surface area contributed by atoms with Gasteiger partial charge < -0.3 is 9.15 Å². The molecule has 82 valence electrons. The van der Waals surface area contributed by atoms with Crippen LogP contribution in [-0.2, 0) is 4.74 Å². The van der Waals surface area contributed by atoms with Gasteiger partial charge >= 0.3 is 5.97 Å². The number of carbonyl (C=O) groups is 1. The fraction of sp³-hybridized carbons (Fsp3) is 0.0833. The van der Waals surface area contributed by atoms with E-state index in [0.29, 0.717) is 11.1 Å². The zero-order valence-electron chi connectivity index (χ0n) is 8.57. The summed E-state index contributed by atoms with van der Waals surface area (Å²) in [5.74, 6) is -0.869. The minimum atomic E-state index is -0.579. The highest BCUT2D eigenvalue weighted by atomic mass is 19.1. The number of rotatable bonds is 2. The molecular formula is C12H9FO3. The van der Waals surface area contributed by atoms with Crippen LogP contribution in [0.5, 0.6) is 0 Å². The van der Waals surface area contributed by atoms with Crippen LogP contribution in [0.1, 0.15) is 10.6 Å². The van der Waals surface area contributed by atoms with E-state index in [4.69, 9.17) is 4.42 Å². The lowest BCUT2D eigenvalue weighted by molar-refractivity contribution is 0.0566. The molecule has 0 atom stereocenters. The minimum Gasteiger partial charge on any atom is -0.463 e. The van der Waals surface area contributed by atoms with Gasteiger partial charge in [0.15, 0.2) is 0 Å². The second-order valence-electron chi connectivity index (χ2n) is 3.17. The van der Waals surface area contributed by atoms with Crippen LogP contribution in [0.4, 0.5) is 4.39 Å². The summed E-state index contributed by atoms with van der Waals surface area (Å²) in [7, 11) is 1.26. The molecule has 0 N–H and O–H groups in total. The van der Waals surface area contributed by atoms with Gasteiger partial charge in [0.25, 0.3) is 0 Å². The Bertz CT molecular complexity index is 516. The Hall–Kier alpha value is -2.10. The first-order valence-corrected chi connectivity index (χ1v) is 4.64. The predicted octanol–water partition coefficient (Wildman–Crippen LogP) is 2.87. The van der Waals surface area contributed by atoms with Crippen LogP contribution in [-0.4, -0.2) is 13.1 Å². The van der Waals surface area contributed by atoms with E-state index >= 15 is 0 Å². The summed E-state index contributed by atoms with van der Waals surface area (Å²) in [6, 6.07) is 7.53. The molecule has 16 heavy (non-hydrogen) atoms. The van der Waals surface area contributed by atoms with Gasteiger partial charge in [-0.25, -0.2) is 9.18 Å². The Labute approximate surface area is 91.5 Å². The monoisotopic (exact) mass is 220 g/mol. The van der Waals surface area contributed by atoms with E-state index in [2.05, 4.69) is 4.74 Å². The lowest BCUT2D eigenvalue weighted by atomic mass is 10.1. The van der Waals surface area contributed by atoms with E-state index in [9.17, 15) is 9.18 Å². The Balaban J connectivity index is 2.48. The lowest BCUT2D eigenvalue weighted by Crippen LogP contribution is -2.00. The number of furan rings is 1. The molecule has 3 nitrogen and oxygen atoms in total. The summed E-state index contributed by atoms with van der Waals surface area (Å²) in [5, 5.41) is 0. The van der Waals surface area contributed by atoms with Crippen LogP contribution in [0, 0.1) is 5.82 Å². The van der Waals surface area contributed by atoms with Crippen molar-refractivity contribution in [3.63, 3.8) is 0 Å². The predicted molar refractivity (Wildman–Crippen MR) is 55.4 cm³/mol. The molecule has 1 heterocycles. The molecule has 0 unspecified atom stereocenters. The maximum absolute atomic E-state index is 13.0. The van der Waals surface area contributed by atoms with Gasteiger partial charge in [0, 0.05) is 5.56 Å². The van der Waals surface area contributed by atoms with Crippen LogP contribution in [0.25, 0.3) is 11.1 Å². The van der Waals surface area contributed by atoms with Crippen molar-refractivity contribution in [3.8, 4) is 11.1 Å². The van der Waals surface area contributed by atoms with Gasteiger partial charge in [-0.2, -0.15) is 0 Å². The third-order valence-electron chi connectivity index (χ3n) is 2.17. The van der Waals surface area contributed by atoms with Crippen molar-refractivity contribution in [2.75, 3.05) is 7.11 Å². The van der Waals surface area contributed by atoms with Gasteiger partial charge in [-0.3, -0.25) is 0 Å². The fourth-order valence-corrected chi connectivity index (χ4v) is 1.44. The van der Waals surface area contributed by atoms with Gasteiger partial charge in [0.2, 0.25) is 5.76 Å². The molecule has 0 amide bonds. The van der Waals surface area contributed by atoms with Crippen LogP contribution in [0.15, 0.2) is 41.0 Å². The van der Waals surface area contributed by atoms with E-state index in [0.717, 1.165) is 0 Å². The maximum atomic E-state index is 13.0. The minimum absolute atomic E-state index is 0.0769.